The van der Waals surface area contributed by atoms with E-state index in [0.717, 1.165) is 11.3 Å². The van der Waals surface area contributed by atoms with Gasteiger partial charge in [-0.2, -0.15) is 5.10 Å². The van der Waals surface area contributed by atoms with Crippen LogP contribution in [-0.4, -0.2) is 14.8 Å². The van der Waals surface area contributed by atoms with Crippen LogP contribution in [0.25, 0.3) is 11.3 Å². The maximum absolute atomic E-state index is 14.1. The number of rotatable bonds is 2. The van der Waals surface area contributed by atoms with Crippen molar-refractivity contribution in [3.8, 4) is 11.3 Å². The van der Waals surface area contributed by atoms with Gasteiger partial charge in [0.25, 0.3) is 0 Å². The van der Waals surface area contributed by atoms with Crippen molar-refractivity contribution in [1.29, 1.82) is 0 Å². The summed E-state index contributed by atoms with van der Waals surface area (Å²) in [7, 11) is 0. The first-order chi connectivity index (χ1) is 8.00. The second-order valence-corrected chi connectivity index (χ2v) is 4.47. The Hall–Kier alpha value is -1.71. The minimum Gasteiger partial charge on any atom is -0.262 e. The van der Waals surface area contributed by atoms with E-state index in [2.05, 4.69) is 10.1 Å². The van der Waals surface area contributed by atoms with Crippen molar-refractivity contribution in [2.75, 3.05) is 0 Å². The lowest BCUT2D eigenvalue weighted by atomic mass is 10.1. The first-order valence-corrected chi connectivity index (χ1v) is 5.68. The highest BCUT2D eigenvalue weighted by Gasteiger charge is 2.18. The van der Waals surface area contributed by atoms with Gasteiger partial charge in [-0.05, 0) is 39.8 Å². The van der Waals surface area contributed by atoms with E-state index in [-0.39, 0.29) is 11.9 Å². The van der Waals surface area contributed by atoms with E-state index < -0.39 is 0 Å². The molecule has 0 fully saturated rings. The van der Waals surface area contributed by atoms with Crippen LogP contribution in [-0.2, 0) is 0 Å². The van der Waals surface area contributed by atoms with Gasteiger partial charge in [-0.3, -0.25) is 9.67 Å². The smallest absolute Gasteiger partial charge is 0.171 e. The molecule has 2 aromatic heterocycles. The van der Waals surface area contributed by atoms with Gasteiger partial charge in [-0.1, -0.05) is 0 Å². The monoisotopic (exact) mass is 233 g/mol. The van der Waals surface area contributed by atoms with Gasteiger partial charge in [0.05, 0.1) is 5.69 Å². The molecule has 0 aromatic carbocycles. The average Bonchev–Trinajstić information content (AvgIpc) is 2.56. The average molecular weight is 233 g/mol. The lowest BCUT2D eigenvalue weighted by molar-refractivity contribution is 0.532. The van der Waals surface area contributed by atoms with Crippen molar-refractivity contribution in [3.05, 3.63) is 35.5 Å². The van der Waals surface area contributed by atoms with Crippen molar-refractivity contribution in [2.45, 2.75) is 33.7 Å². The number of aryl methyl sites for hydroxylation is 2. The topological polar surface area (TPSA) is 30.7 Å². The molecule has 0 aliphatic heterocycles. The summed E-state index contributed by atoms with van der Waals surface area (Å²) in [4.78, 5) is 4.12. The van der Waals surface area contributed by atoms with Crippen LogP contribution in [0.2, 0.25) is 0 Å². The Morgan fingerprint density at radius 3 is 2.59 bits per heavy atom. The van der Waals surface area contributed by atoms with Crippen LogP contribution in [0.1, 0.15) is 31.3 Å². The van der Waals surface area contributed by atoms with Crippen molar-refractivity contribution in [3.63, 3.8) is 0 Å². The Morgan fingerprint density at radius 1 is 1.29 bits per heavy atom. The zero-order valence-electron chi connectivity index (χ0n) is 10.5. The number of hydrogen-bond donors (Lipinski definition) is 0. The van der Waals surface area contributed by atoms with E-state index in [4.69, 9.17) is 0 Å². The fourth-order valence-electron chi connectivity index (χ4n) is 1.85. The first-order valence-electron chi connectivity index (χ1n) is 5.68. The van der Waals surface area contributed by atoms with Gasteiger partial charge in [0.15, 0.2) is 5.82 Å². The summed E-state index contributed by atoms with van der Waals surface area (Å²) < 4.78 is 15.8. The van der Waals surface area contributed by atoms with Crippen LogP contribution in [0.5, 0.6) is 0 Å². The summed E-state index contributed by atoms with van der Waals surface area (Å²) in [5, 5.41) is 4.24. The quantitative estimate of drug-likeness (QED) is 0.797. The third-order valence-electron chi connectivity index (χ3n) is 2.67. The molecule has 3 nitrogen and oxygen atoms in total. The van der Waals surface area contributed by atoms with Crippen LogP contribution < -0.4 is 0 Å². The van der Waals surface area contributed by atoms with E-state index in [1.165, 1.54) is 0 Å². The molecule has 0 saturated carbocycles. The molecular formula is C13H16FN3. The maximum Gasteiger partial charge on any atom is 0.171 e. The number of aromatic nitrogens is 3. The van der Waals surface area contributed by atoms with Gasteiger partial charge >= 0.3 is 0 Å². The molecule has 17 heavy (non-hydrogen) atoms. The Labute approximate surface area is 100 Å². The van der Waals surface area contributed by atoms with Crippen molar-refractivity contribution < 1.29 is 4.39 Å². The summed E-state index contributed by atoms with van der Waals surface area (Å²) in [5.74, 6) is -0.246. The molecule has 4 heteroatoms. The highest BCUT2D eigenvalue weighted by Crippen LogP contribution is 2.27. The van der Waals surface area contributed by atoms with Crippen LogP contribution >= 0.6 is 0 Å². The second kappa shape index (κ2) is 4.28. The number of pyridine rings is 1. The van der Waals surface area contributed by atoms with E-state index in [9.17, 15) is 4.39 Å². The normalized spacial score (nSPS) is 11.2. The van der Waals surface area contributed by atoms with Gasteiger partial charge in [0, 0.05) is 23.5 Å². The molecule has 0 radical (unpaired) electrons. The minimum absolute atomic E-state index is 0.127. The summed E-state index contributed by atoms with van der Waals surface area (Å²) in [6.45, 7) is 7.56. The predicted octanol–water partition coefficient (Wildman–Crippen LogP) is 3.28. The number of halogens is 1. The predicted molar refractivity (Wildman–Crippen MR) is 65.3 cm³/mol. The fraction of sp³-hybridized carbons (Fsp3) is 0.385. The standard InChI is InChI=1S/C13H16FN3/c1-8(2)17-13(12(14)10(4)16-17)11-5-6-15-9(3)7-11/h5-8H,1-4H3. The zero-order valence-corrected chi connectivity index (χ0v) is 10.5. The Morgan fingerprint density at radius 2 is 2.00 bits per heavy atom. The van der Waals surface area contributed by atoms with E-state index >= 15 is 0 Å². The molecule has 0 aliphatic carbocycles. The number of hydrogen-bond acceptors (Lipinski definition) is 2. The van der Waals surface area contributed by atoms with Gasteiger partial charge in [-0.15, -0.1) is 0 Å². The Balaban J connectivity index is 2.65. The lowest BCUT2D eigenvalue weighted by Crippen LogP contribution is -2.05. The highest BCUT2D eigenvalue weighted by molar-refractivity contribution is 5.61. The lowest BCUT2D eigenvalue weighted by Gasteiger charge is -2.11. The van der Waals surface area contributed by atoms with Crippen LogP contribution in [0.4, 0.5) is 4.39 Å². The van der Waals surface area contributed by atoms with Gasteiger partial charge in [0.2, 0.25) is 0 Å². The van der Waals surface area contributed by atoms with Crippen molar-refractivity contribution >= 4 is 0 Å². The molecule has 90 valence electrons. The second-order valence-electron chi connectivity index (χ2n) is 4.47. The molecule has 0 saturated heterocycles. The van der Waals surface area contributed by atoms with Gasteiger partial charge in [-0.25, -0.2) is 4.39 Å². The third kappa shape index (κ3) is 2.07. The summed E-state index contributed by atoms with van der Waals surface area (Å²) >= 11 is 0. The molecule has 0 spiro atoms. The molecule has 0 bridgehead atoms. The van der Waals surface area contributed by atoms with Gasteiger partial charge < -0.3 is 0 Å². The van der Waals surface area contributed by atoms with Crippen molar-refractivity contribution in [1.82, 2.24) is 14.8 Å². The molecular weight excluding hydrogens is 217 g/mol. The molecule has 0 amide bonds. The minimum atomic E-state index is -0.246. The molecule has 2 aromatic rings. The molecule has 2 rings (SSSR count). The number of nitrogens with zero attached hydrogens (tertiary/aromatic N) is 3. The molecule has 0 aliphatic rings. The highest BCUT2D eigenvalue weighted by atomic mass is 19.1. The van der Waals surface area contributed by atoms with E-state index in [1.54, 1.807) is 17.8 Å². The van der Waals surface area contributed by atoms with E-state index in [1.807, 2.05) is 32.9 Å². The zero-order chi connectivity index (χ0) is 12.6. The summed E-state index contributed by atoms with van der Waals surface area (Å²) in [6.07, 6.45) is 1.69. The molecule has 0 atom stereocenters. The van der Waals surface area contributed by atoms with Crippen LogP contribution in [0.15, 0.2) is 18.3 Å². The fourth-order valence-corrected chi connectivity index (χ4v) is 1.85. The van der Waals surface area contributed by atoms with Crippen molar-refractivity contribution in [2.24, 2.45) is 0 Å². The van der Waals surface area contributed by atoms with E-state index in [0.29, 0.717) is 11.4 Å². The SMILES string of the molecule is Cc1cc(-c2c(F)c(C)nn2C(C)C)ccn1. The molecule has 0 unspecified atom stereocenters. The summed E-state index contributed by atoms with van der Waals surface area (Å²) in [5.41, 5.74) is 2.67. The molecule has 0 N–H and O–H groups in total. The summed E-state index contributed by atoms with van der Waals surface area (Å²) in [6, 6.07) is 3.81. The van der Waals surface area contributed by atoms with Gasteiger partial charge in [0.1, 0.15) is 5.69 Å². The maximum atomic E-state index is 14.1. The molecule has 2 heterocycles. The Kier molecular flexibility index (Phi) is 2.96. The first kappa shape index (κ1) is 11.8. The third-order valence-corrected chi connectivity index (χ3v) is 2.67. The van der Waals surface area contributed by atoms with Crippen LogP contribution in [0, 0.1) is 19.7 Å². The largest absolute Gasteiger partial charge is 0.262 e. The van der Waals surface area contributed by atoms with Crippen LogP contribution in [0.3, 0.4) is 0 Å². The Bertz CT molecular complexity index is 544.